The molecule has 0 amide bonds. The number of rotatable bonds is 2. The molecular formula is C17H10N2O. The molecule has 0 aliphatic rings. The van der Waals surface area contributed by atoms with Crippen LogP contribution in [0.15, 0.2) is 54.7 Å². The fraction of sp³-hybridized carbons (Fsp3) is 0. The second-order valence-electron chi connectivity index (χ2n) is 4.42. The molecule has 3 rings (SSSR count). The van der Waals surface area contributed by atoms with Crippen LogP contribution in [0.5, 0.6) is 0 Å². The summed E-state index contributed by atoms with van der Waals surface area (Å²) in [5, 5.41) is 10.3. The van der Waals surface area contributed by atoms with Gasteiger partial charge in [0.05, 0.1) is 17.1 Å². The van der Waals surface area contributed by atoms with Crippen LogP contribution in [-0.2, 0) is 0 Å². The number of hydrogen-bond donors (Lipinski definition) is 0. The van der Waals surface area contributed by atoms with E-state index in [1.165, 1.54) is 0 Å². The molecular weight excluding hydrogens is 248 g/mol. The lowest BCUT2D eigenvalue weighted by Gasteiger charge is -2.08. The SMILES string of the molecule is N#Cc1ccc(C=O)cc1-c1cccc2cccnc12. The van der Waals surface area contributed by atoms with Crippen LogP contribution < -0.4 is 0 Å². The number of fused-ring (bicyclic) bond motifs is 1. The maximum atomic E-state index is 11.0. The number of carbonyl (C=O) groups is 1. The molecule has 3 aromatic rings. The topological polar surface area (TPSA) is 53.8 Å². The van der Waals surface area contributed by atoms with Gasteiger partial charge < -0.3 is 0 Å². The van der Waals surface area contributed by atoms with Crippen molar-refractivity contribution < 1.29 is 4.79 Å². The summed E-state index contributed by atoms with van der Waals surface area (Å²) in [4.78, 5) is 15.3. The highest BCUT2D eigenvalue weighted by molar-refractivity contribution is 5.95. The molecule has 0 fully saturated rings. The summed E-state index contributed by atoms with van der Waals surface area (Å²) in [7, 11) is 0. The van der Waals surface area contributed by atoms with Crippen LogP contribution >= 0.6 is 0 Å². The molecule has 1 heterocycles. The molecule has 1 aromatic heterocycles. The smallest absolute Gasteiger partial charge is 0.150 e. The maximum Gasteiger partial charge on any atom is 0.150 e. The predicted octanol–water partition coefficient (Wildman–Crippen LogP) is 3.59. The van der Waals surface area contributed by atoms with Gasteiger partial charge in [0, 0.05) is 28.3 Å². The van der Waals surface area contributed by atoms with Gasteiger partial charge in [-0.2, -0.15) is 5.26 Å². The van der Waals surface area contributed by atoms with Gasteiger partial charge in [0.15, 0.2) is 0 Å². The average Bonchev–Trinajstić information content (AvgIpc) is 2.53. The minimum atomic E-state index is 0.536. The zero-order chi connectivity index (χ0) is 13.9. The van der Waals surface area contributed by atoms with Crippen molar-refractivity contribution in [2.24, 2.45) is 0 Å². The van der Waals surface area contributed by atoms with E-state index in [2.05, 4.69) is 11.1 Å². The van der Waals surface area contributed by atoms with Crippen molar-refractivity contribution in [3.05, 3.63) is 65.9 Å². The van der Waals surface area contributed by atoms with Gasteiger partial charge >= 0.3 is 0 Å². The van der Waals surface area contributed by atoms with Crippen LogP contribution in [0.4, 0.5) is 0 Å². The largest absolute Gasteiger partial charge is 0.298 e. The Morgan fingerprint density at radius 3 is 2.70 bits per heavy atom. The Labute approximate surface area is 116 Å². The van der Waals surface area contributed by atoms with E-state index < -0.39 is 0 Å². The predicted molar refractivity (Wildman–Crippen MR) is 77.3 cm³/mol. The molecule has 0 unspecified atom stereocenters. The first-order valence-corrected chi connectivity index (χ1v) is 6.17. The van der Waals surface area contributed by atoms with Crippen LogP contribution in [-0.4, -0.2) is 11.3 Å². The lowest BCUT2D eigenvalue weighted by atomic mass is 9.96. The van der Waals surface area contributed by atoms with E-state index in [-0.39, 0.29) is 0 Å². The molecule has 94 valence electrons. The van der Waals surface area contributed by atoms with Gasteiger partial charge in [-0.3, -0.25) is 9.78 Å². The molecule has 3 heteroatoms. The van der Waals surface area contributed by atoms with Gasteiger partial charge in [-0.05, 0) is 18.2 Å². The van der Waals surface area contributed by atoms with Crippen molar-refractivity contribution in [1.82, 2.24) is 4.98 Å². The number of aromatic nitrogens is 1. The molecule has 0 bridgehead atoms. The van der Waals surface area contributed by atoms with E-state index in [1.54, 1.807) is 24.4 Å². The third-order valence-electron chi connectivity index (χ3n) is 3.22. The zero-order valence-electron chi connectivity index (χ0n) is 10.6. The number of para-hydroxylation sites is 1. The number of aldehydes is 1. The fourth-order valence-corrected chi connectivity index (χ4v) is 2.28. The third-order valence-corrected chi connectivity index (χ3v) is 3.22. The van der Waals surface area contributed by atoms with E-state index in [1.807, 2.05) is 30.3 Å². The number of benzene rings is 2. The molecule has 0 spiro atoms. The van der Waals surface area contributed by atoms with Crippen molar-refractivity contribution >= 4 is 17.2 Å². The van der Waals surface area contributed by atoms with E-state index in [0.29, 0.717) is 11.1 Å². The second kappa shape index (κ2) is 4.94. The highest BCUT2D eigenvalue weighted by Crippen LogP contribution is 2.30. The number of carbonyl (C=O) groups excluding carboxylic acids is 1. The van der Waals surface area contributed by atoms with E-state index in [9.17, 15) is 10.1 Å². The monoisotopic (exact) mass is 258 g/mol. The van der Waals surface area contributed by atoms with Crippen LogP contribution in [0.25, 0.3) is 22.0 Å². The van der Waals surface area contributed by atoms with Crippen LogP contribution in [0.3, 0.4) is 0 Å². The Morgan fingerprint density at radius 1 is 1.05 bits per heavy atom. The van der Waals surface area contributed by atoms with Gasteiger partial charge in [0.1, 0.15) is 6.29 Å². The van der Waals surface area contributed by atoms with E-state index in [4.69, 9.17) is 0 Å². The van der Waals surface area contributed by atoms with Crippen molar-refractivity contribution in [2.75, 3.05) is 0 Å². The van der Waals surface area contributed by atoms with E-state index >= 15 is 0 Å². The van der Waals surface area contributed by atoms with Crippen LogP contribution in [0.1, 0.15) is 15.9 Å². The lowest BCUT2D eigenvalue weighted by molar-refractivity contribution is 0.112. The summed E-state index contributed by atoms with van der Waals surface area (Å²) in [5.74, 6) is 0. The second-order valence-corrected chi connectivity index (χ2v) is 4.42. The number of hydrogen-bond acceptors (Lipinski definition) is 3. The minimum absolute atomic E-state index is 0.536. The first kappa shape index (κ1) is 12.1. The quantitative estimate of drug-likeness (QED) is 0.660. The van der Waals surface area contributed by atoms with Crippen molar-refractivity contribution in [1.29, 1.82) is 5.26 Å². The Kier molecular flexibility index (Phi) is 2.98. The molecule has 0 saturated heterocycles. The molecule has 0 radical (unpaired) electrons. The van der Waals surface area contributed by atoms with Crippen LogP contribution in [0.2, 0.25) is 0 Å². The summed E-state index contributed by atoms with van der Waals surface area (Å²) in [5.41, 5.74) is 3.51. The first-order valence-electron chi connectivity index (χ1n) is 6.17. The Morgan fingerprint density at radius 2 is 1.90 bits per heavy atom. The standard InChI is InChI=1S/C17H10N2O/c18-10-14-7-6-12(11-20)9-16(14)15-5-1-3-13-4-2-8-19-17(13)15/h1-9,11H. The first-order chi connectivity index (χ1) is 9.83. The highest BCUT2D eigenvalue weighted by atomic mass is 16.1. The van der Waals surface area contributed by atoms with Gasteiger partial charge in [-0.15, -0.1) is 0 Å². The van der Waals surface area contributed by atoms with Gasteiger partial charge in [0.25, 0.3) is 0 Å². The summed E-state index contributed by atoms with van der Waals surface area (Å²) in [6, 6.07) is 16.9. The third kappa shape index (κ3) is 1.94. The molecule has 0 atom stereocenters. The van der Waals surface area contributed by atoms with Crippen molar-refractivity contribution in [3.63, 3.8) is 0 Å². The minimum Gasteiger partial charge on any atom is -0.298 e. The normalized spacial score (nSPS) is 10.2. The molecule has 0 aliphatic carbocycles. The Hall–Kier alpha value is -2.99. The Bertz CT molecular complexity index is 842. The molecule has 0 saturated carbocycles. The van der Waals surface area contributed by atoms with Crippen molar-refractivity contribution in [3.8, 4) is 17.2 Å². The molecule has 20 heavy (non-hydrogen) atoms. The van der Waals surface area contributed by atoms with Crippen LogP contribution in [0, 0.1) is 11.3 Å². The Balaban J connectivity index is 2.36. The zero-order valence-corrected chi connectivity index (χ0v) is 10.6. The van der Waals surface area contributed by atoms with Gasteiger partial charge in [-0.1, -0.05) is 30.3 Å². The number of pyridine rings is 1. The fourth-order valence-electron chi connectivity index (χ4n) is 2.28. The van der Waals surface area contributed by atoms with Gasteiger partial charge in [-0.25, -0.2) is 0 Å². The van der Waals surface area contributed by atoms with E-state index in [0.717, 1.165) is 28.3 Å². The number of nitrogens with zero attached hydrogens (tertiary/aromatic N) is 2. The van der Waals surface area contributed by atoms with Gasteiger partial charge in [0.2, 0.25) is 0 Å². The molecule has 0 aliphatic heterocycles. The summed E-state index contributed by atoms with van der Waals surface area (Å²) in [6.07, 6.45) is 2.50. The maximum absolute atomic E-state index is 11.0. The molecule has 0 N–H and O–H groups in total. The summed E-state index contributed by atoms with van der Waals surface area (Å²) >= 11 is 0. The average molecular weight is 258 g/mol. The van der Waals surface area contributed by atoms with Crippen molar-refractivity contribution in [2.45, 2.75) is 0 Å². The lowest BCUT2D eigenvalue weighted by Crippen LogP contribution is -1.90. The molecule has 3 nitrogen and oxygen atoms in total. The summed E-state index contributed by atoms with van der Waals surface area (Å²) < 4.78 is 0. The summed E-state index contributed by atoms with van der Waals surface area (Å²) in [6.45, 7) is 0. The highest BCUT2D eigenvalue weighted by Gasteiger charge is 2.10. The molecule has 2 aromatic carbocycles. The number of nitriles is 1.